The Hall–Kier alpha value is -7.56. The minimum Gasteiger partial charge on any atom is -0.313 e. The molecule has 0 saturated carbocycles. The largest absolute Gasteiger partial charge is 0.313 e. The van der Waals surface area contributed by atoms with Crippen LogP contribution in [-0.2, 0) is 6.42 Å². The monoisotopic (exact) mass is 742 g/mol. The first-order valence-corrected chi connectivity index (χ1v) is 20.2. The Balaban J connectivity index is 0.990. The van der Waals surface area contributed by atoms with E-state index < -0.39 is 0 Å². The normalized spacial score (nSPS) is 12.6. The van der Waals surface area contributed by atoms with Crippen LogP contribution in [0.4, 0.5) is 17.1 Å². The zero-order valence-electron chi connectivity index (χ0n) is 31.8. The number of anilines is 3. The van der Waals surface area contributed by atoms with Crippen molar-refractivity contribution in [2.45, 2.75) is 12.8 Å². The van der Waals surface area contributed by atoms with E-state index in [4.69, 9.17) is 0 Å². The van der Waals surface area contributed by atoms with E-state index >= 15 is 0 Å². The molecule has 0 atom stereocenters. The van der Waals surface area contributed by atoms with Crippen molar-refractivity contribution in [1.29, 1.82) is 0 Å². The van der Waals surface area contributed by atoms with Gasteiger partial charge in [0.05, 0.1) is 27.6 Å². The molecule has 11 aromatic rings. The van der Waals surface area contributed by atoms with Gasteiger partial charge < -0.3 is 18.6 Å². The van der Waals surface area contributed by atoms with E-state index in [1.165, 1.54) is 71.5 Å². The highest BCUT2D eigenvalue weighted by Crippen LogP contribution is 2.40. The molecule has 0 unspecified atom stereocenters. The lowest BCUT2D eigenvalue weighted by molar-refractivity contribution is 0.888. The van der Waals surface area contributed by atoms with E-state index in [0.717, 1.165) is 41.3 Å². The highest BCUT2D eigenvalue weighted by Gasteiger charge is 2.20. The number of aromatic nitrogens is 3. The van der Waals surface area contributed by atoms with Crippen LogP contribution in [0.1, 0.15) is 17.7 Å². The van der Waals surface area contributed by atoms with E-state index in [9.17, 15) is 0 Å². The summed E-state index contributed by atoms with van der Waals surface area (Å²) in [5.41, 5.74) is 15.6. The Morgan fingerprint density at radius 3 is 1.05 bits per heavy atom. The fourth-order valence-corrected chi connectivity index (χ4v) is 9.57. The number of nitrogens with zero attached hydrogens (tertiary/aromatic N) is 4. The van der Waals surface area contributed by atoms with Gasteiger partial charge in [0.25, 0.3) is 0 Å². The van der Waals surface area contributed by atoms with Gasteiger partial charge in [-0.15, -0.1) is 0 Å². The summed E-state index contributed by atoms with van der Waals surface area (Å²) in [7, 11) is 0. The summed E-state index contributed by atoms with van der Waals surface area (Å²) < 4.78 is 7.22. The Kier molecular flexibility index (Phi) is 7.32. The van der Waals surface area contributed by atoms with Crippen molar-refractivity contribution >= 4 is 77.7 Å². The number of hydrogen-bond donors (Lipinski definition) is 0. The maximum Gasteiger partial charge on any atom is 0.0541 e. The van der Waals surface area contributed by atoms with Crippen LogP contribution in [0.25, 0.3) is 77.7 Å². The highest BCUT2D eigenvalue weighted by atomic mass is 15.1. The molecular weight excluding hydrogens is 705 g/mol. The van der Waals surface area contributed by atoms with E-state index in [-0.39, 0.29) is 0 Å². The maximum atomic E-state index is 2.46. The first kappa shape index (κ1) is 32.7. The number of hydrogen-bond acceptors (Lipinski definition) is 1. The van der Waals surface area contributed by atoms with Crippen molar-refractivity contribution in [2.75, 3.05) is 4.90 Å². The van der Waals surface area contributed by atoms with Crippen LogP contribution in [0.15, 0.2) is 200 Å². The topological polar surface area (TPSA) is 18.0 Å². The molecule has 1 aliphatic carbocycles. The summed E-state index contributed by atoms with van der Waals surface area (Å²) >= 11 is 0. The Labute approximate surface area is 336 Å². The predicted octanol–water partition coefficient (Wildman–Crippen LogP) is 14.3. The lowest BCUT2D eigenvalue weighted by Crippen LogP contribution is -2.11. The Bertz CT molecular complexity index is 3110. The van der Waals surface area contributed by atoms with Gasteiger partial charge in [-0.3, -0.25) is 0 Å². The SMILES string of the molecule is C1=Cc2c(n(-c3ccc(N(c4ccc(-n5c6ccccc6c6ccccc65)cc4)c4ccc(-n5c6ccccc6c6ccccc65)cc4)cc3)c3ccccc23)CC1. The third kappa shape index (κ3) is 4.95. The van der Waals surface area contributed by atoms with Crippen molar-refractivity contribution in [3.05, 3.63) is 211 Å². The Morgan fingerprint density at radius 1 is 0.328 bits per heavy atom. The van der Waals surface area contributed by atoms with Gasteiger partial charge in [0.2, 0.25) is 0 Å². The van der Waals surface area contributed by atoms with E-state index in [1.54, 1.807) is 0 Å². The summed E-state index contributed by atoms with van der Waals surface area (Å²) in [4.78, 5) is 2.38. The van der Waals surface area contributed by atoms with Crippen LogP contribution in [0.3, 0.4) is 0 Å². The average Bonchev–Trinajstić information content (AvgIpc) is 3.93. The third-order valence-corrected chi connectivity index (χ3v) is 12.1. The van der Waals surface area contributed by atoms with Gasteiger partial charge in [-0.1, -0.05) is 103 Å². The molecule has 0 radical (unpaired) electrons. The van der Waals surface area contributed by atoms with Gasteiger partial charge in [-0.05, 0) is 116 Å². The van der Waals surface area contributed by atoms with Crippen LogP contribution >= 0.6 is 0 Å². The molecule has 274 valence electrons. The molecule has 4 heteroatoms. The lowest BCUT2D eigenvalue weighted by Gasteiger charge is -2.26. The first-order valence-electron chi connectivity index (χ1n) is 20.2. The van der Waals surface area contributed by atoms with E-state index in [2.05, 4.69) is 225 Å². The van der Waals surface area contributed by atoms with Gasteiger partial charge >= 0.3 is 0 Å². The number of benzene rings is 8. The van der Waals surface area contributed by atoms with Gasteiger partial charge in [-0.25, -0.2) is 0 Å². The smallest absolute Gasteiger partial charge is 0.0541 e. The first-order chi connectivity index (χ1) is 28.8. The highest BCUT2D eigenvalue weighted by molar-refractivity contribution is 6.10. The van der Waals surface area contributed by atoms with Gasteiger partial charge in [-0.2, -0.15) is 0 Å². The molecule has 1 aliphatic rings. The molecular formula is C54H38N4. The summed E-state index contributed by atoms with van der Waals surface area (Å²) in [6.45, 7) is 0. The molecule has 58 heavy (non-hydrogen) atoms. The van der Waals surface area contributed by atoms with E-state index in [1.807, 2.05) is 0 Å². The summed E-state index contributed by atoms with van der Waals surface area (Å²) in [6, 6.07) is 70.8. The quantitative estimate of drug-likeness (QED) is 0.166. The minimum absolute atomic E-state index is 1.03. The molecule has 0 saturated heterocycles. The molecule has 4 nitrogen and oxygen atoms in total. The number of fused-ring (bicyclic) bond motifs is 9. The molecule has 8 aromatic carbocycles. The zero-order valence-corrected chi connectivity index (χ0v) is 31.8. The number of allylic oxidation sites excluding steroid dienone is 1. The molecule has 3 heterocycles. The molecule has 0 aliphatic heterocycles. The van der Waals surface area contributed by atoms with Crippen LogP contribution < -0.4 is 4.90 Å². The molecule has 12 rings (SSSR count). The van der Waals surface area contributed by atoms with Crippen molar-refractivity contribution in [3.8, 4) is 17.1 Å². The number of para-hydroxylation sites is 5. The van der Waals surface area contributed by atoms with Gasteiger partial charge in [0.1, 0.15) is 0 Å². The minimum atomic E-state index is 1.03. The lowest BCUT2D eigenvalue weighted by atomic mass is 10.0. The predicted molar refractivity (Wildman–Crippen MR) is 244 cm³/mol. The Morgan fingerprint density at radius 2 is 0.655 bits per heavy atom. The summed E-state index contributed by atoms with van der Waals surface area (Å²) in [5, 5.41) is 6.37. The maximum absolute atomic E-state index is 2.46. The number of rotatable bonds is 6. The second-order valence-corrected chi connectivity index (χ2v) is 15.3. The fourth-order valence-electron chi connectivity index (χ4n) is 9.57. The van der Waals surface area contributed by atoms with Crippen molar-refractivity contribution < 1.29 is 0 Å². The molecule has 0 amide bonds. The summed E-state index contributed by atoms with van der Waals surface area (Å²) in [5.74, 6) is 0. The molecule has 0 spiro atoms. The van der Waals surface area contributed by atoms with Crippen LogP contribution in [0.5, 0.6) is 0 Å². The summed E-state index contributed by atoms with van der Waals surface area (Å²) in [6.07, 6.45) is 6.70. The molecule has 3 aromatic heterocycles. The van der Waals surface area contributed by atoms with Crippen LogP contribution in [0.2, 0.25) is 0 Å². The van der Waals surface area contributed by atoms with E-state index in [0.29, 0.717) is 0 Å². The molecule has 0 N–H and O–H groups in total. The zero-order chi connectivity index (χ0) is 38.2. The van der Waals surface area contributed by atoms with Gasteiger partial charge in [0, 0.05) is 72.3 Å². The second kappa shape index (κ2) is 13.0. The van der Waals surface area contributed by atoms with Crippen LogP contribution in [0, 0.1) is 0 Å². The second-order valence-electron chi connectivity index (χ2n) is 15.3. The van der Waals surface area contributed by atoms with Crippen LogP contribution in [-0.4, -0.2) is 13.7 Å². The van der Waals surface area contributed by atoms with Crippen molar-refractivity contribution in [3.63, 3.8) is 0 Å². The molecule has 0 fully saturated rings. The standard InChI is InChI=1S/C54H38N4/c1-7-19-49-43(13-1)44-14-2-8-20-50(44)56(49)40-31-25-37(26-32-40)55(38-27-33-41(34-28-38)57-51-21-9-3-15-45(51)46-16-4-10-22-52(46)57)39-29-35-42(36-30-39)58-53-23-11-5-17-47(53)48-18-6-12-24-54(48)58/h1-11,13-23,25-36H,12,24H2. The third-order valence-electron chi connectivity index (χ3n) is 12.1. The average molecular weight is 743 g/mol. The van der Waals surface area contributed by atoms with Crippen molar-refractivity contribution in [2.24, 2.45) is 0 Å². The van der Waals surface area contributed by atoms with Crippen molar-refractivity contribution in [1.82, 2.24) is 13.7 Å². The van der Waals surface area contributed by atoms with Gasteiger partial charge in [0.15, 0.2) is 0 Å². The molecule has 0 bridgehead atoms. The fraction of sp³-hybridized carbons (Fsp3) is 0.0370.